The molecule has 0 aromatic rings. The molecule has 1 heterocycles. The van der Waals surface area contributed by atoms with Crippen LogP contribution in [0.2, 0.25) is 0 Å². The lowest BCUT2D eigenvalue weighted by Crippen LogP contribution is -2.12. The summed E-state index contributed by atoms with van der Waals surface area (Å²) in [5.74, 6) is -1.73. The standard InChI is InChI=1S/C24H40Cl2O3/c1-3-4-5-6-7-8-9-10-11-12-13-14-15-16-17-21(25)19(2)23(26)20-18-22(27)29-24(20)28/h20-21H,3-18H2,1-2H3. The lowest BCUT2D eigenvalue weighted by Gasteiger charge is -2.14. The van der Waals surface area contributed by atoms with Crippen molar-refractivity contribution >= 4 is 35.1 Å². The van der Waals surface area contributed by atoms with Crippen molar-refractivity contribution < 1.29 is 14.3 Å². The largest absolute Gasteiger partial charge is 0.393 e. The summed E-state index contributed by atoms with van der Waals surface area (Å²) < 4.78 is 4.57. The third-order valence-electron chi connectivity index (χ3n) is 5.83. The van der Waals surface area contributed by atoms with Crippen LogP contribution in [0.5, 0.6) is 0 Å². The topological polar surface area (TPSA) is 43.4 Å². The highest BCUT2D eigenvalue weighted by Crippen LogP contribution is 2.32. The normalized spacial score (nSPS) is 18.7. The molecule has 0 N–H and O–H groups in total. The number of allylic oxidation sites excluding steroid dienone is 1. The molecule has 0 radical (unpaired) electrons. The molecule has 1 rings (SSSR count). The van der Waals surface area contributed by atoms with Crippen LogP contribution in [0.4, 0.5) is 0 Å². The summed E-state index contributed by atoms with van der Waals surface area (Å²) in [5.41, 5.74) is 0.791. The van der Waals surface area contributed by atoms with Crippen molar-refractivity contribution in [2.24, 2.45) is 5.92 Å². The van der Waals surface area contributed by atoms with E-state index in [1.807, 2.05) is 6.92 Å². The number of hydrogen-bond donors (Lipinski definition) is 0. The maximum atomic E-state index is 11.6. The van der Waals surface area contributed by atoms with Crippen molar-refractivity contribution in [3.05, 3.63) is 10.6 Å². The van der Waals surface area contributed by atoms with Gasteiger partial charge < -0.3 is 4.74 Å². The third-order valence-corrected chi connectivity index (χ3v) is 6.94. The number of ether oxygens (including phenoxy) is 1. The molecule has 0 aliphatic carbocycles. The minimum Gasteiger partial charge on any atom is -0.393 e. The number of alkyl halides is 1. The first-order chi connectivity index (χ1) is 14.0. The monoisotopic (exact) mass is 446 g/mol. The molecule has 168 valence electrons. The predicted molar refractivity (Wildman–Crippen MR) is 122 cm³/mol. The molecule has 1 aliphatic heterocycles. The van der Waals surface area contributed by atoms with Crippen LogP contribution in [0.25, 0.3) is 0 Å². The first kappa shape index (κ1) is 26.5. The maximum absolute atomic E-state index is 11.6. The summed E-state index contributed by atoms with van der Waals surface area (Å²) >= 11 is 12.8. The van der Waals surface area contributed by atoms with E-state index in [2.05, 4.69) is 11.7 Å². The Morgan fingerprint density at radius 1 is 0.897 bits per heavy atom. The van der Waals surface area contributed by atoms with Gasteiger partial charge in [0, 0.05) is 5.03 Å². The molecule has 0 aromatic carbocycles. The molecule has 29 heavy (non-hydrogen) atoms. The average Bonchev–Trinajstić information content (AvgIpc) is 3.04. The van der Waals surface area contributed by atoms with Crippen LogP contribution in [0.3, 0.4) is 0 Å². The summed E-state index contributed by atoms with van der Waals surface area (Å²) in [6.45, 7) is 4.11. The number of carbonyl (C=O) groups excluding carboxylic acids is 2. The lowest BCUT2D eigenvalue weighted by molar-refractivity contribution is -0.152. The predicted octanol–water partition coefficient (Wildman–Crippen LogP) is 8.07. The minimum absolute atomic E-state index is 0.0253. The van der Waals surface area contributed by atoms with E-state index in [0.717, 1.165) is 18.4 Å². The number of halogens is 2. The molecule has 0 saturated carbocycles. The van der Waals surface area contributed by atoms with Gasteiger partial charge in [0.2, 0.25) is 0 Å². The molecule has 1 fully saturated rings. The van der Waals surface area contributed by atoms with E-state index in [9.17, 15) is 9.59 Å². The summed E-state index contributed by atoms with van der Waals surface area (Å²) in [7, 11) is 0. The van der Waals surface area contributed by atoms with Gasteiger partial charge in [-0.15, -0.1) is 11.6 Å². The Bertz CT molecular complexity index is 516. The Morgan fingerprint density at radius 2 is 1.34 bits per heavy atom. The van der Waals surface area contributed by atoms with Crippen molar-refractivity contribution in [2.75, 3.05) is 0 Å². The van der Waals surface area contributed by atoms with Crippen molar-refractivity contribution in [3.63, 3.8) is 0 Å². The number of cyclic esters (lactones) is 2. The fourth-order valence-electron chi connectivity index (χ4n) is 3.83. The van der Waals surface area contributed by atoms with E-state index in [0.29, 0.717) is 5.03 Å². The van der Waals surface area contributed by atoms with E-state index in [1.54, 1.807) is 0 Å². The molecular formula is C24H40Cl2O3. The van der Waals surface area contributed by atoms with Crippen molar-refractivity contribution in [3.8, 4) is 0 Å². The van der Waals surface area contributed by atoms with E-state index < -0.39 is 17.9 Å². The van der Waals surface area contributed by atoms with Crippen LogP contribution in [-0.4, -0.2) is 17.3 Å². The fourth-order valence-corrected chi connectivity index (χ4v) is 4.45. The molecule has 0 aromatic heterocycles. The second-order valence-corrected chi connectivity index (χ2v) is 9.37. The maximum Gasteiger partial charge on any atom is 0.322 e. The van der Waals surface area contributed by atoms with Gasteiger partial charge in [-0.1, -0.05) is 108 Å². The summed E-state index contributed by atoms with van der Waals surface area (Å²) in [6.07, 6.45) is 19.5. The van der Waals surface area contributed by atoms with Crippen LogP contribution in [-0.2, 0) is 14.3 Å². The van der Waals surface area contributed by atoms with E-state index in [-0.39, 0.29) is 11.8 Å². The molecule has 2 atom stereocenters. The Kier molecular flexibility index (Phi) is 14.8. The molecule has 5 heteroatoms. The summed E-state index contributed by atoms with van der Waals surface area (Å²) in [6, 6.07) is 0. The molecular weight excluding hydrogens is 407 g/mol. The zero-order valence-electron chi connectivity index (χ0n) is 18.4. The van der Waals surface area contributed by atoms with Crippen LogP contribution in [0.1, 0.15) is 117 Å². The summed E-state index contributed by atoms with van der Waals surface area (Å²) in [4.78, 5) is 22.9. The number of unbranched alkanes of at least 4 members (excludes halogenated alkanes) is 13. The Balaban J connectivity index is 2.01. The highest BCUT2D eigenvalue weighted by molar-refractivity contribution is 6.33. The highest BCUT2D eigenvalue weighted by Gasteiger charge is 2.37. The SMILES string of the molecule is CCCCCCCCCCCCCCCCC(Cl)C(C)=C(Cl)C1CC(=O)OC1=O. The lowest BCUT2D eigenvalue weighted by atomic mass is 9.99. The molecule has 1 aliphatic rings. The van der Waals surface area contributed by atoms with Gasteiger partial charge in [0.05, 0.1) is 11.8 Å². The zero-order valence-corrected chi connectivity index (χ0v) is 20.0. The van der Waals surface area contributed by atoms with Gasteiger partial charge in [0.25, 0.3) is 0 Å². The van der Waals surface area contributed by atoms with Gasteiger partial charge >= 0.3 is 11.9 Å². The van der Waals surface area contributed by atoms with E-state index in [4.69, 9.17) is 23.2 Å². The Morgan fingerprint density at radius 3 is 1.76 bits per heavy atom. The summed E-state index contributed by atoms with van der Waals surface area (Å²) in [5, 5.41) is 0.189. The first-order valence-electron chi connectivity index (χ1n) is 11.7. The number of hydrogen-bond acceptors (Lipinski definition) is 3. The third kappa shape index (κ3) is 11.4. The Labute approximate surface area is 187 Å². The quantitative estimate of drug-likeness (QED) is 0.0980. The molecule has 0 spiro atoms. The smallest absolute Gasteiger partial charge is 0.322 e. The fraction of sp³-hybridized carbons (Fsp3) is 0.833. The molecule has 2 unspecified atom stereocenters. The minimum atomic E-state index is -0.665. The van der Waals surface area contributed by atoms with Gasteiger partial charge in [-0.05, 0) is 18.9 Å². The van der Waals surface area contributed by atoms with Crippen LogP contribution < -0.4 is 0 Å². The van der Waals surface area contributed by atoms with Crippen molar-refractivity contribution in [2.45, 2.75) is 122 Å². The van der Waals surface area contributed by atoms with Gasteiger partial charge in [0.15, 0.2) is 0 Å². The zero-order chi connectivity index (χ0) is 21.5. The molecule has 0 amide bonds. The van der Waals surface area contributed by atoms with E-state index in [1.165, 1.54) is 83.5 Å². The molecule has 1 saturated heterocycles. The van der Waals surface area contributed by atoms with Crippen LogP contribution >= 0.6 is 23.2 Å². The molecule has 3 nitrogen and oxygen atoms in total. The van der Waals surface area contributed by atoms with Gasteiger partial charge in [-0.25, -0.2) is 0 Å². The number of rotatable bonds is 17. The second kappa shape index (κ2) is 16.2. The first-order valence-corrected chi connectivity index (χ1v) is 12.5. The van der Waals surface area contributed by atoms with Crippen molar-refractivity contribution in [1.29, 1.82) is 0 Å². The van der Waals surface area contributed by atoms with Gasteiger partial charge in [-0.3, -0.25) is 9.59 Å². The van der Waals surface area contributed by atoms with Crippen LogP contribution in [0.15, 0.2) is 10.6 Å². The highest BCUT2D eigenvalue weighted by atomic mass is 35.5. The van der Waals surface area contributed by atoms with Gasteiger partial charge in [0.1, 0.15) is 5.92 Å². The number of esters is 2. The molecule has 0 bridgehead atoms. The van der Waals surface area contributed by atoms with Crippen LogP contribution in [0, 0.1) is 5.92 Å². The van der Waals surface area contributed by atoms with E-state index >= 15 is 0 Å². The average molecular weight is 447 g/mol. The Hall–Kier alpha value is -0.540. The number of carbonyl (C=O) groups is 2. The van der Waals surface area contributed by atoms with Gasteiger partial charge in [-0.2, -0.15) is 0 Å². The second-order valence-electron chi connectivity index (χ2n) is 8.43. The van der Waals surface area contributed by atoms with Crippen molar-refractivity contribution in [1.82, 2.24) is 0 Å².